The van der Waals surface area contributed by atoms with Crippen LogP contribution in [0.4, 0.5) is 0 Å². The number of thioether (sulfide) groups is 1. The minimum Gasteiger partial charge on any atom is -0.355 e. The van der Waals surface area contributed by atoms with E-state index in [4.69, 9.17) is 0 Å². The molecule has 7 nitrogen and oxygen atoms in total. The van der Waals surface area contributed by atoms with Crippen LogP contribution in [-0.2, 0) is 14.6 Å². The van der Waals surface area contributed by atoms with Gasteiger partial charge in [-0.05, 0) is 37.3 Å². The van der Waals surface area contributed by atoms with Gasteiger partial charge < -0.3 is 10.2 Å². The average Bonchev–Trinajstić information content (AvgIpc) is 3.21. The Morgan fingerprint density at radius 1 is 1.00 bits per heavy atom. The molecule has 2 amide bonds. The van der Waals surface area contributed by atoms with Crippen molar-refractivity contribution in [2.24, 2.45) is 5.92 Å². The topological polar surface area (TPSA) is 86.8 Å². The first-order valence-electron chi connectivity index (χ1n) is 12.1. The highest BCUT2D eigenvalue weighted by atomic mass is 32.2. The van der Waals surface area contributed by atoms with Gasteiger partial charge in [0.15, 0.2) is 9.84 Å². The number of amides is 2. The second-order valence-corrected chi connectivity index (χ2v) is 12.7. The highest BCUT2D eigenvalue weighted by Gasteiger charge is 2.34. The van der Waals surface area contributed by atoms with Gasteiger partial charge in [0, 0.05) is 43.7 Å². The summed E-state index contributed by atoms with van der Waals surface area (Å²) in [4.78, 5) is 30.5. The summed E-state index contributed by atoms with van der Waals surface area (Å²) in [6.07, 6.45) is 6.93. The second kappa shape index (κ2) is 11.2. The molecule has 0 spiro atoms. The van der Waals surface area contributed by atoms with Crippen LogP contribution in [0.25, 0.3) is 0 Å². The Bertz CT molecular complexity index is 939. The van der Waals surface area contributed by atoms with Crippen molar-refractivity contribution in [2.75, 3.05) is 50.0 Å². The van der Waals surface area contributed by atoms with Crippen LogP contribution in [-0.4, -0.2) is 86.1 Å². The number of hydrogen-bond donors (Lipinski definition) is 1. The molecule has 4 rings (SSSR count). The maximum atomic E-state index is 13.2. The van der Waals surface area contributed by atoms with Crippen LogP contribution in [0.2, 0.25) is 0 Å². The zero-order valence-corrected chi connectivity index (χ0v) is 20.8. The molecule has 33 heavy (non-hydrogen) atoms. The first kappa shape index (κ1) is 24.5. The Kier molecular flexibility index (Phi) is 8.35. The fourth-order valence-corrected chi connectivity index (χ4v) is 7.77. The molecular weight excluding hydrogens is 458 g/mol. The van der Waals surface area contributed by atoms with Crippen LogP contribution in [0.15, 0.2) is 29.2 Å². The van der Waals surface area contributed by atoms with Crippen molar-refractivity contribution in [3.8, 4) is 0 Å². The van der Waals surface area contributed by atoms with Crippen LogP contribution >= 0.6 is 11.8 Å². The lowest BCUT2D eigenvalue weighted by Crippen LogP contribution is -2.52. The van der Waals surface area contributed by atoms with Gasteiger partial charge in [-0.15, -0.1) is 11.8 Å². The molecule has 1 saturated carbocycles. The number of piperazine rings is 1. The lowest BCUT2D eigenvalue weighted by molar-refractivity contribution is -0.118. The van der Waals surface area contributed by atoms with Crippen LogP contribution in [0.3, 0.4) is 0 Å². The fourth-order valence-electron chi connectivity index (χ4n) is 5.14. The second-order valence-electron chi connectivity index (χ2n) is 9.48. The van der Waals surface area contributed by atoms with Gasteiger partial charge in [-0.3, -0.25) is 14.5 Å². The molecule has 0 bridgehead atoms. The first-order valence-corrected chi connectivity index (χ1v) is 14.9. The number of hydrogen-bond acceptors (Lipinski definition) is 6. The Hall–Kier alpha value is -1.58. The van der Waals surface area contributed by atoms with Crippen molar-refractivity contribution in [1.82, 2.24) is 15.1 Å². The van der Waals surface area contributed by atoms with Gasteiger partial charge in [0.1, 0.15) is 0 Å². The van der Waals surface area contributed by atoms with E-state index in [0.717, 1.165) is 11.4 Å². The summed E-state index contributed by atoms with van der Waals surface area (Å²) in [6.45, 7) is 3.34. The minimum absolute atomic E-state index is 0.0144. The number of nitrogens with one attached hydrogen (secondary N) is 1. The zero-order valence-electron chi connectivity index (χ0n) is 19.2. The van der Waals surface area contributed by atoms with E-state index in [1.165, 1.54) is 43.9 Å². The van der Waals surface area contributed by atoms with E-state index in [-0.39, 0.29) is 29.4 Å². The predicted molar refractivity (Wildman–Crippen MR) is 131 cm³/mol. The largest absolute Gasteiger partial charge is 0.355 e. The lowest BCUT2D eigenvalue weighted by atomic mass is 9.89. The average molecular weight is 494 g/mol. The molecule has 3 aliphatic rings. The lowest BCUT2D eigenvalue weighted by Gasteiger charge is -2.37. The number of carbonyl (C=O) groups is 2. The van der Waals surface area contributed by atoms with E-state index in [2.05, 4.69) is 10.2 Å². The summed E-state index contributed by atoms with van der Waals surface area (Å²) in [5, 5.41) is 3.07. The van der Waals surface area contributed by atoms with Crippen molar-refractivity contribution >= 4 is 33.4 Å². The predicted octanol–water partition coefficient (Wildman–Crippen LogP) is 2.42. The third-order valence-corrected chi connectivity index (χ3v) is 9.94. The number of nitrogens with zero attached hydrogens (tertiary/aromatic N) is 2. The Balaban J connectivity index is 1.27. The van der Waals surface area contributed by atoms with E-state index in [9.17, 15) is 18.0 Å². The monoisotopic (exact) mass is 493 g/mol. The minimum atomic E-state index is -2.91. The van der Waals surface area contributed by atoms with Gasteiger partial charge in [-0.25, -0.2) is 8.42 Å². The highest BCUT2D eigenvalue weighted by Crippen LogP contribution is 2.26. The standard InChI is InChI=1S/C24H35N3O4S2/c28-23(25-16-19-6-2-1-3-7-19)17-32-22-9-5-4-8-21(22)24(29)27-13-11-26(12-14-27)20-10-15-33(30,31)18-20/h4-5,8-9,19-20H,1-3,6-7,10-18H2,(H,25,28). The fraction of sp³-hybridized carbons (Fsp3) is 0.667. The molecule has 1 unspecified atom stereocenters. The molecule has 1 aromatic rings. The number of sulfone groups is 1. The molecule has 2 saturated heterocycles. The molecule has 2 aliphatic heterocycles. The number of carbonyl (C=O) groups excluding carboxylic acids is 2. The molecule has 2 heterocycles. The Morgan fingerprint density at radius 2 is 1.73 bits per heavy atom. The van der Waals surface area contributed by atoms with Crippen molar-refractivity contribution in [3.63, 3.8) is 0 Å². The molecule has 1 N–H and O–H groups in total. The van der Waals surface area contributed by atoms with Crippen LogP contribution in [0.5, 0.6) is 0 Å². The van der Waals surface area contributed by atoms with Crippen molar-refractivity contribution in [2.45, 2.75) is 49.5 Å². The molecule has 182 valence electrons. The molecule has 0 aromatic heterocycles. The van der Waals surface area contributed by atoms with Gasteiger partial charge >= 0.3 is 0 Å². The molecule has 9 heteroatoms. The molecule has 1 atom stereocenters. The number of benzene rings is 1. The SMILES string of the molecule is O=C(CSc1ccccc1C(=O)N1CCN(C2CCS(=O)(=O)C2)CC1)NCC1CCCCC1. The quantitative estimate of drug-likeness (QED) is 0.587. The molecule has 1 aliphatic carbocycles. The summed E-state index contributed by atoms with van der Waals surface area (Å²) < 4.78 is 23.6. The summed E-state index contributed by atoms with van der Waals surface area (Å²) >= 11 is 1.42. The van der Waals surface area contributed by atoms with Gasteiger partial charge in [-0.1, -0.05) is 31.4 Å². The Morgan fingerprint density at radius 3 is 2.42 bits per heavy atom. The smallest absolute Gasteiger partial charge is 0.255 e. The van der Waals surface area contributed by atoms with E-state index < -0.39 is 9.84 Å². The van der Waals surface area contributed by atoms with Crippen molar-refractivity contribution < 1.29 is 18.0 Å². The van der Waals surface area contributed by atoms with Crippen molar-refractivity contribution in [3.05, 3.63) is 29.8 Å². The maximum absolute atomic E-state index is 13.2. The van der Waals surface area contributed by atoms with Gasteiger partial charge in [0.05, 0.1) is 22.8 Å². The van der Waals surface area contributed by atoms with Gasteiger partial charge in [0.2, 0.25) is 5.91 Å². The van der Waals surface area contributed by atoms with Crippen molar-refractivity contribution in [1.29, 1.82) is 0 Å². The molecule has 0 radical (unpaired) electrons. The van der Waals surface area contributed by atoms with Crippen LogP contribution < -0.4 is 5.32 Å². The van der Waals surface area contributed by atoms with Gasteiger partial charge in [0.25, 0.3) is 5.91 Å². The third-order valence-electron chi connectivity index (χ3n) is 7.12. The molecule has 1 aromatic carbocycles. The third kappa shape index (κ3) is 6.73. The van der Waals surface area contributed by atoms with E-state index >= 15 is 0 Å². The number of rotatable bonds is 7. The highest BCUT2D eigenvalue weighted by molar-refractivity contribution is 8.00. The van der Waals surface area contributed by atoms with E-state index in [1.807, 2.05) is 29.2 Å². The van der Waals surface area contributed by atoms with Gasteiger partial charge in [-0.2, -0.15) is 0 Å². The summed E-state index contributed by atoms with van der Waals surface area (Å²) in [6, 6.07) is 7.59. The molecule has 3 fully saturated rings. The summed E-state index contributed by atoms with van der Waals surface area (Å²) in [5.41, 5.74) is 0.638. The molecular formula is C24H35N3O4S2. The normalized spacial score (nSPS) is 24.0. The first-order chi connectivity index (χ1) is 15.9. The summed E-state index contributed by atoms with van der Waals surface area (Å²) in [5.74, 6) is 1.43. The summed E-state index contributed by atoms with van der Waals surface area (Å²) in [7, 11) is -2.91. The van der Waals surface area contributed by atoms with Crippen LogP contribution in [0, 0.1) is 5.92 Å². The van der Waals surface area contributed by atoms with E-state index in [0.29, 0.717) is 49.8 Å². The zero-order chi connectivity index (χ0) is 23.3. The maximum Gasteiger partial charge on any atom is 0.255 e. The Labute approximate surface area is 201 Å². The van der Waals surface area contributed by atoms with E-state index in [1.54, 1.807) is 0 Å². The van der Waals surface area contributed by atoms with Crippen LogP contribution in [0.1, 0.15) is 48.9 Å².